The molecular weight excluding hydrogens is 114 g/mol. The fraction of sp³-hybridized carbons (Fsp3) is 0.571. The molecule has 1 N–H and O–H groups in total. The summed E-state index contributed by atoms with van der Waals surface area (Å²) in [5.74, 6) is 5.70. The number of hydrogen-bond acceptors (Lipinski definition) is 2. The van der Waals surface area contributed by atoms with Gasteiger partial charge in [-0.3, -0.25) is 0 Å². The van der Waals surface area contributed by atoms with E-state index in [1.165, 1.54) is 6.21 Å². The van der Waals surface area contributed by atoms with Gasteiger partial charge in [-0.2, -0.15) is 0 Å². The number of unbranched alkanes of at least 4 members (excludes halogenated alkanes) is 2. The third kappa shape index (κ3) is 7.03. The Bertz CT molecular complexity index is 130. The van der Waals surface area contributed by atoms with Gasteiger partial charge in [0.05, 0.1) is 0 Å². The topological polar surface area (TPSA) is 32.6 Å². The molecule has 0 amide bonds. The number of hydrogen-bond donors (Lipinski definition) is 1. The molecule has 0 aliphatic carbocycles. The molecule has 2 heteroatoms. The van der Waals surface area contributed by atoms with Gasteiger partial charge in [0.15, 0.2) is 0 Å². The van der Waals surface area contributed by atoms with Gasteiger partial charge in [0.2, 0.25) is 0 Å². The summed E-state index contributed by atoms with van der Waals surface area (Å²) in [6, 6.07) is 0. The fourth-order valence-electron chi connectivity index (χ4n) is 0.464. The molecule has 0 bridgehead atoms. The summed E-state index contributed by atoms with van der Waals surface area (Å²) in [6.07, 6.45) is 4.16. The molecule has 0 fully saturated rings. The normalized spacial score (nSPS) is 9.00. The van der Waals surface area contributed by atoms with E-state index >= 15 is 0 Å². The number of oxime groups is 1. The lowest BCUT2D eigenvalue weighted by Gasteiger charge is -1.83. The highest BCUT2D eigenvalue weighted by Crippen LogP contribution is 1.89. The average Bonchev–Trinajstić information content (AvgIpc) is 1.89. The maximum atomic E-state index is 7.96. The molecule has 0 radical (unpaired) electrons. The summed E-state index contributed by atoms with van der Waals surface area (Å²) in [5.41, 5.74) is 0. The third-order valence-corrected chi connectivity index (χ3v) is 0.893. The van der Waals surface area contributed by atoms with Gasteiger partial charge in [0.25, 0.3) is 0 Å². The lowest BCUT2D eigenvalue weighted by atomic mass is 10.2. The molecule has 0 heterocycles. The second-order valence-electron chi connectivity index (χ2n) is 1.62. The second kappa shape index (κ2) is 7.03. The zero-order valence-electron chi connectivity index (χ0n) is 5.59. The third-order valence-electron chi connectivity index (χ3n) is 0.893. The smallest absolute Gasteiger partial charge is 0.0436 e. The van der Waals surface area contributed by atoms with E-state index in [1.54, 1.807) is 0 Å². The molecule has 0 unspecified atom stereocenters. The van der Waals surface area contributed by atoms with Crippen molar-refractivity contribution in [2.45, 2.75) is 26.2 Å². The van der Waals surface area contributed by atoms with Crippen molar-refractivity contribution in [2.75, 3.05) is 0 Å². The summed E-state index contributed by atoms with van der Waals surface area (Å²) in [7, 11) is 0. The molecule has 0 aromatic heterocycles. The SMILES string of the molecule is CC#CCCCC=NO. The first kappa shape index (κ1) is 8.03. The Morgan fingerprint density at radius 1 is 1.67 bits per heavy atom. The molecular formula is C7H11NO. The van der Waals surface area contributed by atoms with Gasteiger partial charge < -0.3 is 5.21 Å². The van der Waals surface area contributed by atoms with Crippen molar-refractivity contribution in [3.05, 3.63) is 0 Å². The van der Waals surface area contributed by atoms with Gasteiger partial charge in [-0.25, -0.2) is 0 Å². The minimum atomic E-state index is 0.811. The molecule has 0 atom stereocenters. The first-order valence-corrected chi connectivity index (χ1v) is 2.97. The van der Waals surface area contributed by atoms with E-state index in [1.807, 2.05) is 6.92 Å². The Balaban J connectivity index is 2.97. The lowest BCUT2D eigenvalue weighted by molar-refractivity contribution is 0.320. The summed E-state index contributed by atoms with van der Waals surface area (Å²) in [6.45, 7) is 1.82. The van der Waals surface area contributed by atoms with Crippen LogP contribution in [0.4, 0.5) is 0 Å². The van der Waals surface area contributed by atoms with Crippen molar-refractivity contribution in [1.29, 1.82) is 0 Å². The molecule has 0 spiro atoms. The van der Waals surface area contributed by atoms with Crippen LogP contribution >= 0.6 is 0 Å². The molecule has 0 aromatic carbocycles. The summed E-state index contributed by atoms with van der Waals surface area (Å²) < 4.78 is 0. The maximum absolute atomic E-state index is 7.96. The highest BCUT2D eigenvalue weighted by atomic mass is 16.4. The van der Waals surface area contributed by atoms with Crippen molar-refractivity contribution >= 4 is 6.21 Å². The maximum Gasteiger partial charge on any atom is 0.0436 e. The highest BCUT2D eigenvalue weighted by molar-refractivity contribution is 5.55. The molecule has 0 aliphatic heterocycles. The molecule has 0 aromatic rings. The van der Waals surface area contributed by atoms with Crippen LogP contribution < -0.4 is 0 Å². The molecule has 0 aliphatic rings. The monoisotopic (exact) mass is 125 g/mol. The van der Waals surface area contributed by atoms with Crippen LogP contribution in [0.1, 0.15) is 26.2 Å². The predicted molar refractivity (Wildman–Crippen MR) is 37.6 cm³/mol. The van der Waals surface area contributed by atoms with Gasteiger partial charge in [0.1, 0.15) is 0 Å². The van der Waals surface area contributed by atoms with Crippen LogP contribution in [0, 0.1) is 11.8 Å². The van der Waals surface area contributed by atoms with E-state index in [0.29, 0.717) is 0 Å². The first-order chi connectivity index (χ1) is 4.41. The molecule has 0 saturated carbocycles. The van der Waals surface area contributed by atoms with Crippen LogP contribution in [0.3, 0.4) is 0 Å². The van der Waals surface area contributed by atoms with E-state index in [9.17, 15) is 0 Å². The Morgan fingerprint density at radius 2 is 2.44 bits per heavy atom. The molecule has 50 valence electrons. The van der Waals surface area contributed by atoms with Crippen LogP contribution in [-0.2, 0) is 0 Å². The van der Waals surface area contributed by atoms with E-state index in [2.05, 4.69) is 17.0 Å². The van der Waals surface area contributed by atoms with Gasteiger partial charge >= 0.3 is 0 Å². The van der Waals surface area contributed by atoms with E-state index < -0.39 is 0 Å². The van der Waals surface area contributed by atoms with Gasteiger partial charge in [-0.1, -0.05) is 0 Å². The zero-order valence-corrected chi connectivity index (χ0v) is 5.59. The van der Waals surface area contributed by atoms with E-state index in [4.69, 9.17) is 5.21 Å². The minimum absolute atomic E-state index is 0.811. The molecule has 0 saturated heterocycles. The standard InChI is InChI=1S/C7H11NO/c1-2-3-4-5-6-7-8-9/h7,9H,4-6H2,1H3. The lowest BCUT2D eigenvalue weighted by Crippen LogP contribution is -1.74. The van der Waals surface area contributed by atoms with Crippen molar-refractivity contribution in [3.8, 4) is 11.8 Å². The Morgan fingerprint density at radius 3 is 3.00 bits per heavy atom. The first-order valence-electron chi connectivity index (χ1n) is 2.97. The van der Waals surface area contributed by atoms with Crippen LogP contribution in [0.5, 0.6) is 0 Å². The van der Waals surface area contributed by atoms with Crippen LogP contribution in [0.2, 0.25) is 0 Å². The summed E-state index contributed by atoms with van der Waals surface area (Å²) >= 11 is 0. The summed E-state index contributed by atoms with van der Waals surface area (Å²) in [4.78, 5) is 0. The van der Waals surface area contributed by atoms with Gasteiger partial charge in [0, 0.05) is 12.6 Å². The Kier molecular flexibility index (Phi) is 6.27. The zero-order chi connectivity index (χ0) is 6.95. The quantitative estimate of drug-likeness (QED) is 0.201. The van der Waals surface area contributed by atoms with Gasteiger partial charge in [-0.05, 0) is 19.8 Å². The molecule has 2 nitrogen and oxygen atoms in total. The number of nitrogens with zero attached hydrogens (tertiary/aromatic N) is 1. The molecule has 9 heavy (non-hydrogen) atoms. The molecule has 0 rings (SSSR count). The highest BCUT2D eigenvalue weighted by Gasteiger charge is 1.78. The fourth-order valence-corrected chi connectivity index (χ4v) is 0.464. The minimum Gasteiger partial charge on any atom is -0.411 e. The average molecular weight is 125 g/mol. The largest absolute Gasteiger partial charge is 0.411 e. The van der Waals surface area contributed by atoms with Crippen molar-refractivity contribution < 1.29 is 5.21 Å². The number of rotatable bonds is 3. The van der Waals surface area contributed by atoms with Crippen molar-refractivity contribution in [2.24, 2.45) is 5.16 Å². The second-order valence-corrected chi connectivity index (χ2v) is 1.62. The summed E-state index contributed by atoms with van der Waals surface area (Å²) in [5, 5.41) is 10.8. The van der Waals surface area contributed by atoms with Crippen molar-refractivity contribution in [3.63, 3.8) is 0 Å². The van der Waals surface area contributed by atoms with Crippen LogP contribution in [0.15, 0.2) is 5.16 Å². The van der Waals surface area contributed by atoms with Crippen LogP contribution in [-0.4, -0.2) is 11.4 Å². The van der Waals surface area contributed by atoms with E-state index in [0.717, 1.165) is 19.3 Å². The van der Waals surface area contributed by atoms with Crippen LogP contribution in [0.25, 0.3) is 0 Å². The van der Waals surface area contributed by atoms with Gasteiger partial charge in [-0.15, -0.1) is 17.0 Å². The Hall–Kier alpha value is -0.970. The Labute approximate surface area is 55.6 Å². The predicted octanol–water partition coefficient (Wildman–Crippen LogP) is 1.64. The van der Waals surface area contributed by atoms with Crippen molar-refractivity contribution in [1.82, 2.24) is 0 Å². The van der Waals surface area contributed by atoms with E-state index in [-0.39, 0.29) is 0 Å².